The summed E-state index contributed by atoms with van der Waals surface area (Å²) < 4.78 is 24.3. The molecule has 0 unspecified atom stereocenters. The van der Waals surface area contributed by atoms with E-state index in [-0.39, 0.29) is 11.4 Å². The third kappa shape index (κ3) is 2.95. The molecular formula is C17H17FN2O3. The van der Waals surface area contributed by atoms with Crippen LogP contribution < -0.4 is 5.48 Å². The van der Waals surface area contributed by atoms with Gasteiger partial charge in [0.15, 0.2) is 5.79 Å². The summed E-state index contributed by atoms with van der Waals surface area (Å²) >= 11 is 0. The lowest BCUT2D eigenvalue weighted by Gasteiger charge is -2.39. The number of aromatic nitrogens is 1. The molecule has 1 aromatic rings. The Bertz CT molecular complexity index is 674. The van der Waals surface area contributed by atoms with Crippen LogP contribution in [0.2, 0.25) is 0 Å². The molecule has 3 aliphatic rings. The maximum atomic E-state index is 12.8. The highest BCUT2D eigenvalue weighted by Gasteiger charge is 2.48. The van der Waals surface area contributed by atoms with Gasteiger partial charge < -0.3 is 9.47 Å². The Morgan fingerprint density at radius 2 is 1.87 bits per heavy atom. The number of halogens is 1. The van der Waals surface area contributed by atoms with Crippen LogP contribution in [-0.2, 0) is 14.3 Å². The average Bonchev–Trinajstić information content (AvgIpc) is 3.18. The predicted molar refractivity (Wildman–Crippen MR) is 79.2 cm³/mol. The van der Waals surface area contributed by atoms with E-state index in [0.29, 0.717) is 24.6 Å². The molecule has 1 N–H and O–H groups in total. The van der Waals surface area contributed by atoms with Crippen LogP contribution in [0.1, 0.15) is 31.4 Å². The number of hydrogen-bond acceptors (Lipinski definition) is 5. The molecule has 5 nitrogen and oxygen atoms in total. The van der Waals surface area contributed by atoms with Gasteiger partial charge in [-0.2, -0.15) is 0 Å². The number of pyridine rings is 1. The van der Waals surface area contributed by atoms with Crippen LogP contribution in [-0.4, -0.2) is 29.6 Å². The third-order valence-corrected chi connectivity index (χ3v) is 4.50. The number of rotatable bonds is 0. The summed E-state index contributed by atoms with van der Waals surface area (Å²) in [6.07, 6.45) is 6.43. The minimum absolute atomic E-state index is 0.346. The van der Waals surface area contributed by atoms with Crippen molar-refractivity contribution in [1.82, 2.24) is 10.5 Å². The van der Waals surface area contributed by atoms with Gasteiger partial charge in [0.05, 0.1) is 19.4 Å². The molecule has 1 aliphatic carbocycles. The van der Waals surface area contributed by atoms with E-state index in [1.165, 1.54) is 6.07 Å². The molecular weight excluding hydrogens is 299 g/mol. The topological polar surface area (TPSA) is 52.6 Å². The predicted octanol–water partition coefficient (Wildman–Crippen LogP) is 2.05. The minimum Gasteiger partial charge on any atom is -0.348 e. The van der Waals surface area contributed by atoms with E-state index in [0.717, 1.165) is 31.9 Å². The molecule has 2 fully saturated rings. The smallest absolute Gasteiger partial charge is 0.168 e. The van der Waals surface area contributed by atoms with Crippen LogP contribution >= 0.6 is 0 Å². The molecule has 23 heavy (non-hydrogen) atoms. The Morgan fingerprint density at radius 1 is 1.09 bits per heavy atom. The molecule has 120 valence electrons. The normalized spacial score (nSPS) is 24.1. The molecule has 3 heterocycles. The van der Waals surface area contributed by atoms with E-state index < -0.39 is 5.79 Å². The molecule has 0 aromatic carbocycles. The highest BCUT2D eigenvalue weighted by atomic mass is 19.1. The number of nitrogens with zero attached hydrogens (tertiary/aromatic N) is 1. The third-order valence-electron chi connectivity index (χ3n) is 4.50. The van der Waals surface area contributed by atoms with Crippen molar-refractivity contribution < 1.29 is 18.7 Å². The molecule has 1 saturated carbocycles. The SMILES string of the molecule is Fc1ccc(C#CC2=CC3(CCC4(CC3)OCCO4)ON2)nc1. The first-order valence-electron chi connectivity index (χ1n) is 7.76. The number of hydroxylamine groups is 1. The van der Waals surface area contributed by atoms with E-state index >= 15 is 0 Å². The maximum Gasteiger partial charge on any atom is 0.168 e. The Hall–Kier alpha value is -1.94. The summed E-state index contributed by atoms with van der Waals surface area (Å²) in [5.74, 6) is 5.09. The summed E-state index contributed by atoms with van der Waals surface area (Å²) in [5.41, 5.74) is 3.76. The van der Waals surface area contributed by atoms with Gasteiger partial charge in [0.25, 0.3) is 0 Å². The second-order valence-corrected chi connectivity index (χ2v) is 6.05. The zero-order chi connectivity index (χ0) is 15.8. The van der Waals surface area contributed by atoms with Gasteiger partial charge in [-0.15, -0.1) is 0 Å². The highest BCUT2D eigenvalue weighted by Crippen LogP contribution is 2.43. The van der Waals surface area contributed by atoms with Crippen molar-refractivity contribution in [2.75, 3.05) is 13.2 Å². The monoisotopic (exact) mass is 316 g/mol. The summed E-state index contributed by atoms with van der Waals surface area (Å²) in [4.78, 5) is 9.68. The lowest BCUT2D eigenvalue weighted by Crippen LogP contribution is -2.43. The van der Waals surface area contributed by atoms with Gasteiger partial charge in [0.1, 0.15) is 22.8 Å². The van der Waals surface area contributed by atoms with Crippen LogP contribution in [0.15, 0.2) is 30.1 Å². The summed E-state index contributed by atoms with van der Waals surface area (Å²) in [5, 5.41) is 0. The van der Waals surface area contributed by atoms with Crippen LogP contribution in [0, 0.1) is 17.7 Å². The molecule has 4 rings (SSSR count). The fourth-order valence-corrected chi connectivity index (χ4v) is 3.21. The highest BCUT2D eigenvalue weighted by molar-refractivity contribution is 5.38. The fraction of sp³-hybridized carbons (Fsp3) is 0.471. The summed E-state index contributed by atoms with van der Waals surface area (Å²) in [7, 11) is 0. The molecule has 0 radical (unpaired) electrons. The van der Waals surface area contributed by atoms with Crippen molar-refractivity contribution in [3.63, 3.8) is 0 Å². The van der Waals surface area contributed by atoms with Gasteiger partial charge >= 0.3 is 0 Å². The maximum absolute atomic E-state index is 12.8. The van der Waals surface area contributed by atoms with Crippen molar-refractivity contribution in [3.8, 4) is 11.8 Å². The molecule has 1 saturated heterocycles. The van der Waals surface area contributed by atoms with Gasteiger partial charge in [-0.1, -0.05) is 0 Å². The zero-order valence-corrected chi connectivity index (χ0v) is 12.6. The van der Waals surface area contributed by atoms with E-state index in [2.05, 4.69) is 22.3 Å². The first-order valence-corrected chi connectivity index (χ1v) is 7.76. The largest absolute Gasteiger partial charge is 0.348 e. The van der Waals surface area contributed by atoms with Crippen molar-refractivity contribution in [1.29, 1.82) is 0 Å². The number of ether oxygens (including phenoxy) is 2. The average molecular weight is 316 g/mol. The Labute approximate surface area is 133 Å². The first-order chi connectivity index (χ1) is 11.2. The van der Waals surface area contributed by atoms with Gasteiger partial charge in [0.2, 0.25) is 0 Å². The first kappa shape index (κ1) is 14.6. The fourth-order valence-electron chi connectivity index (χ4n) is 3.21. The van der Waals surface area contributed by atoms with Crippen LogP contribution in [0.3, 0.4) is 0 Å². The quantitative estimate of drug-likeness (QED) is 0.743. The standard InChI is InChI=1S/C17H17FN2O3/c18-13-1-2-14(19-12-13)3-4-15-11-16(23-20-15)5-7-17(8-6-16)21-9-10-22-17/h1-2,11-12,20H,5-10H2. The second-order valence-electron chi connectivity index (χ2n) is 6.05. The Balaban J connectivity index is 1.44. The van der Waals surface area contributed by atoms with Crippen molar-refractivity contribution in [2.45, 2.75) is 37.1 Å². The molecule has 6 heteroatoms. The van der Waals surface area contributed by atoms with E-state index in [9.17, 15) is 4.39 Å². The molecule has 0 atom stereocenters. The van der Waals surface area contributed by atoms with Crippen molar-refractivity contribution in [3.05, 3.63) is 41.6 Å². The molecule has 0 amide bonds. The lowest BCUT2D eigenvalue weighted by atomic mass is 9.81. The number of allylic oxidation sites excluding steroid dienone is 1. The van der Waals surface area contributed by atoms with E-state index in [1.807, 2.05) is 6.08 Å². The Morgan fingerprint density at radius 3 is 2.57 bits per heavy atom. The second kappa shape index (κ2) is 5.60. The van der Waals surface area contributed by atoms with Crippen molar-refractivity contribution >= 4 is 0 Å². The van der Waals surface area contributed by atoms with Crippen molar-refractivity contribution in [2.24, 2.45) is 0 Å². The van der Waals surface area contributed by atoms with Gasteiger partial charge in [-0.3, -0.25) is 10.3 Å². The molecule has 2 aliphatic heterocycles. The summed E-state index contributed by atoms with van der Waals surface area (Å²) in [6, 6.07) is 2.89. The molecule has 1 aromatic heterocycles. The number of nitrogens with one attached hydrogen (secondary N) is 1. The van der Waals surface area contributed by atoms with Gasteiger partial charge in [-0.05, 0) is 42.9 Å². The molecule has 2 spiro atoms. The van der Waals surface area contributed by atoms with E-state index in [1.54, 1.807) is 6.07 Å². The van der Waals surface area contributed by atoms with Crippen LogP contribution in [0.25, 0.3) is 0 Å². The minimum atomic E-state index is -0.408. The van der Waals surface area contributed by atoms with Crippen LogP contribution in [0.5, 0.6) is 0 Å². The summed E-state index contributed by atoms with van der Waals surface area (Å²) in [6.45, 7) is 1.34. The molecule has 0 bridgehead atoms. The lowest BCUT2D eigenvalue weighted by molar-refractivity contribution is -0.205. The van der Waals surface area contributed by atoms with Gasteiger partial charge in [0, 0.05) is 12.8 Å². The Kier molecular flexibility index (Phi) is 3.57. The number of hydrogen-bond donors (Lipinski definition) is 1. The van der Waals surface area contributed by atoms with Gasteiger partial charge in [-0.25, -0.2) is 9.37 Å². The van der Waals surface area contributed by atoms with Crippen LogP contribution in [0.4, 0.5) is 4.39 Å². The van der Waals surface area contributed by atoms with E-state index in [4.69, 9.17) is 14.3 Å². The zero-order valence-electron chi connectivity index (χ0n) is 12.6.